The first-order valence-electron chi connectivity index (χ1n) is 10.4. The van der Waals surface area contributed by atoms with Gasteiger partial charge in [0.25, 0.3) is 0 Å². The topological polar surface area (TPSA) is 66.0 Å². The van der Waals surface area contributed by atoms with E-state index in [1.54, 1.807) is 7.05 Å². The van der Waals surface area contributed by atoms with E-state index >= 15 is 0 Å². The van der Waals surface area contributed by atoms with Crippen molar-refractivity contribution < 1.29 is 0 Å². The Hall–Kier alpha value is -1.26. The van der Waals surface area contributed by atoms with Gasteiger partial charge in [0.15, 0.2) is 0 Å². The van der Waals surface area contributed by atoms with E-state index < -0.39 is 0 Å². The number of rotatable bonds is 13. The Kier molecular flexibility index (Phi) is 10.6. The number of guanidine groups is 2. The quantitative estimate of drug-likeness (QED) is 0.475. The molecule has 0 amide bonds. The first kappa shape index (κ1) is 21.8. The first-order valence-corrected chi connectivity index (χ1v) is 10.4. The number of hydrogen-bond acceptors (Lipinski definition) is 3. The molecule has 1 aliphatic rings. The second kappa shape index (κ2) is 12.2. The van der Waals surface area contributed by atoms with Gasteiger partial charge in [0.1, 0.15) is 5.66 Å². The van der Waals surface area contributed by atoms with Crippen LogP contribution in [0.1, 0.15) is 97.8 Å². The molecule has 25 heavy (non-hydrogen) atoms. The van der Waals surface area contributed by atoms with Crippen molar-refractivity contribution in [1.29, 1.82) is 0 Å². The fourth-order valence-electron chi connectivity index (χ4n) is 3.44. The van der Waals surface area contributed by atoms with Crippen LogP contribution < -0.4 is 11.1 Å². The Bertz CT molecular complexity index is 414. The molecule has 0 aliphatic carbocycles. The van der Waals surface area contributed by atoms with Gasteiger partial charge in [0.2, 0.25) is 11.9 Å². The minimum absolute atomic E-state index is 0.224. The van der Waals surface area contributed by atoms with Crippen molar-refractivity contribution in [2.45, 2.75) is 103 Å². The van der Waals surface area contributed by atoms with E-state index in [9.17, 15) is 0 Å². The molecule has 0 saturated heterocycles. The summed E-state index contributed by atoms with van der Waals surface area (Å²) in [6.07, 6.45) is 16.4. The maximum absolute atomic E-state index is 6.11. The molecule has 0 fully saturated rings. The van der Waals surface area contributed by atoms with Gasteiger partial charge in [0.05, 0.1) is 0 Å². The molecule has 0 radical (unpaired) electrons. The van der Waals surface area contributed by atoms with Crippen LogP contribution in [-0.2, 0) is 0 Å². The molecule has 0 saturated carbocycles. The fourth-order valence-corrected chi connectivity index (χ4v) is 3.44. The second-order valence-electron chi connectivity index (χ2n) is 7.74. The molecule has 0 unspecified atom stereocenters. The van der Waals surface area contributed by atoms with Gasteiger partial charge in [-0.1, -0.05) is 77.6 Å². The number of nitrogens with one attached hydrogen (secondary N) is 1. The summed E-state index contributed by atoms with van der Waals surface area (Å²) in [4.78, 5) is 10.6. The molecule has 0 aromatic rings. The minimum atomic E-state index is -0.224. The van der Waals surface area contributed by atoms with Gasteiger partial charge in [-0.3, -0.25) is 4.99 Å². The van der Waals surface area contributed by atoms with E-state index in [2.05, 4.69) is 41.0 Å². The molecule has 1 rings (SSSR count). The number of nitrogens with zero attached hydrogens (tertiary/aromatic N) is 3. The van der Waals surface area contributed by atoms with E-state index in [0.29, 0.717) is 11.9 Å². The highest BCUT2D eigenvalue weighted by molar-refractivity contribution is 5.97. The van der Waals surface area contributed by atoms with Crippen molar-refractivity contribution in [3.05, 3.63) is 0 Å². The van der Waals surface area contributed by atoms with Gasteiger partial charge in [-0.2, -0.15) is 4.99 Å². The third kappa shape index (κ3) is 8.59. The van der Waals surface area contributed by atoms with Crippen molar-refractivity contribution in [3.8, 4) is 0 Å². The molecule has 0 aromatic carbocycles. The lowest BCUT2D eigenvalue weighted by Gasteiger charge is -2.43. The fraction of sp³-hybridized carbons (Fsp3) is 0.900. The Balaban J connectivity index is 2.06. The van der Waals surface area contributed by atoms with Gasteiger partial charge < -0.3 is 16.0 Å². The maximum Gasteiger partial charge on any atom is 0.222 e. The monoisotopic (exact) mass is 351 g/mol. The van der Waals surface area contributed by atoms with E-state index in [1.165, 1.54) is 70.6 Å². The largest absolute Gasteiger partial charge is 0.369 e. The third-order valence-corrected chi connectivity index (χ3v) is 5.04. The molecular weight excluding hydrogens is 310 g/mol. The summed E-state index contributed by atoms with van der Waals surface area (Å²) in [7, 11) is 1.73. The predicted octanol–water partition coefficient (Wildman–Crippen LogP) is 4.63. The van der Waals surface area contributed by atoms with Gasteiger partial charge in [-0.05, 0) is 20.3 Å². The lowest BCUT2D eigenvalue weighted by molar-refractivity contribution is 0.182. The molecule has 5 nitrogen and oxygen atoms in total. The smallest absolute Gasteiger partial charge is 0.222 e. The second-order valence-corrected chi connectivity index (χ2v) is 7.74. The zero-order valence-electron chi connectivity index (χ0n) is 17.1. The number of nitrogens with two attached hydrogens (primary N) is 1. The normalized spacial score (nSPS) is 18.3. The molecule has 0 bridgehead atoms. The summed E-state index contributed by atoms with van der Waals surface area (Å²) in [6, 6.07) is 0. The lowest BCUT2D eigenvalue weighted by Crippen LogP contribution is -2.64. The van der Waals surface area contributed by atoms with Gasteiger partial charge in [-0.25, -0.2) is 0 Å². The summed E-state index contributed by atoms with van der Waals surface area (Å²) < 4.78 is 0. The Morgan fingerprint density at radius 3 is 1.84 bits per heavy atom. The van der Waals surface area contributed by atoms with E-state index in [0.717, 1.165) is 13.0 Å². The molecular formula is C20H41N5. The average Bonchev–Trinajstić information content (AvgIpc) is 2.57. The van der Waals surface area contributed by atoms with Crippen LogP contribution in [0.4, 0.5) is 0 Å². The van der Waals surface area contributed by atoms with Gasteiger partial charge in [-0.15, -0.1) is 0 Å². The van der Waals surface area contributed by atoms with E-state index in [1.807, 2.05) is 0 Å². The SMILES string of the molecule is CCCCCCCCCCCCCCN1C(N)=NC(=NC)NC1(C)C. The summed E-state index contributed by atoms with van der Waals surface area (Å²) >= 11 is 0. The zero-order chi connectivity index (χ0) is 18.5. The minimum Gasteiger partial charge on any atom is -0.369 e. The van der Waals surface area contributed by atoms with Crippen LogP contribution in [0, 0.1) is 0 Å². The Labute approximate surface area is 155 Å². The van der Waals surface area contributed by atoms with Crippen molar-refractivity contribution >= 4 is 11.9 Å². The highest BCUT2D eigenvalue weighted by atomic mass is 15.4. The van der Waals surface area contributed by atoms with E-state index in [-0.39, 0.29) is 5.66 Å². The number of aliphatic imine (C=N–C) groups is 2. The number of hydrogen-bond donors (Lipinski definition) is 2. The van der Waals surface area contributed by atoms with Crippen molar-refractivity contribution in [3.63, 3.8) is 0 Å². The summed E-state index contributed by atoms with van der Waals surface area (Å²) in [5.74, 6) is 1.20. The van der Waals surface area contributed by atoms with Crippen LogP contribution in [-0.4, -0.2) is 36.1 Å². The summed E-state index contributed by atoms with van der Waals surface area (Å²) in [6.45, 7) is 7.48. The van der Waals surface area contributed by atoms with Crippen LogP contribution in [0.5, 0.6) is 0 Å². The first-order chi connectivity index (χ1) is 12.0. The predicted molar refractivity (Wildman–Crippen MR) is 110 cm³/mol. The molecule has 3 N–H and O–H groups in total. The standard InChI is InChI=1S/C20H41N5/c1-5-6-7-8-9-10-11-12-13-14-15-16-17-25-18(21)23-19(22-4)24-20(25,2)3/h5-17H2,1-4H3,(H3,21,22,23,24). The van der Waals surface area contributed by atoms with Crippen LogP contribution in [0.25, 0.3) is 0 Å². The van der Waals surface area contributed by atoms with Crippen LogP contribution >= 0.6 is 0 Å². The molecule has 0 atom stereocenters. The van der Waals surface area contributed by atoms with Crippen molar-refractivity contribution in [2.24, 2.45) is 15.7 Å². The lowest BCUT2D eigenvalue weighted by atomic mass is 10.0. The molecule has 0 aromatic heterocycles. The zero-order valence-corrected chi connectivity index (χ0v) is 17.1. The molecule has 1 heterocycles. The number of unbranched alkanes of at least 4 members (excludes halogenated alkanes) is 11. The van der Waals surface area contributed by atoms with Crippen LogP contribution in [0.15, 0.2) is 9.98 Å². The molecule has 0 spiro atoms. The molecule has 1 aliphatic heterocycles. The van der Waals surface area contributed by atoms with E-state index in [4.69, 9.17) is 5.73 Å². The summed E-state index contributed by atoms with van der Waals surface area (Å²) in [5.41, 5.74) is 5.89. The Morgan fingerprint density at radius 2 is 1.40 bits per heavy atom. The van der Waals surface area contributed by atoms with Crippen molar-refractivity contribution in [1.82, 2.24) is 10.2 Å². The Morgan fingerprint density at radius 1 is 0.920 bits per heavy atom. The average molecular weight is 352 g/mol. The van der Waals surface area contributed by atoms with Gasteiger partial charge >= 0.3 is 0 Å². The van der Waals surface area contributed by atoms with Crippen LogP contribution in [0.3, 0.4) is 0 Å². The summed E-state index contributed by atoms with van der Waals surface area (Å²) in [5, 5.41) is 3.32. The van der Waals surface area contributed by atoms with Gasteiger partial charge in [0, 0.05) is 13.6 Å². The highest BCUT2D eigenvalue weighted by Crippen LogP contribution is 2.17. The third-order valence-electron chi connectivity index (χ3n) is 5.04. The van der Waals surface area contributed by atoms with Crippen LogP contribution in [0.2, 0.25) is 0 Å². The highest BCUT2D eigenvalue weighted by Gasteiger charge is 2.32. The van der Waals surface area contributed by atoms with Crippen molar-refractivity contribution in [2.75, 3.05) is 13.6 Å². The molecule has 146 valence electrons. The molecule has 5 heteroatoms. The maximum atomic E-state index is 6.11.